The van der Waals surface area contributed by atoms with Crippen LogP contribution in [0.4, 0.5) is 0 Å². The van der Waals surface area contributed by atoms with E-state index in [1.54, 1.807) is 7.11 Å². The number of nitrogens with zero attached hydrogens (tertiary/aromatic N) is 1. The Balaban J connectivity index is 2.06. The van der Waals surface area contributed by atoms with Crippen LogP contribution in [0.2, 0.25) is 0 Å². The molecule has 1 aliphatic heterocycles. The molecule has 0 aromatic heterocycles. The van der Waals surface area contributed by atoms with Crippen molar-refractivity contribution in [1.82, 2.24) is 4.90 Å². The van der Waals surface area contributed by atoms with E-state index in [2.05, 4.69) is 36.9 Å². The Kier molecular flexibility index (Phi) is 3.93. The molecule has 3 nitrogen and oxygen atoms in total. The molecule has 2 N–H and O–H groups in total. The molecule has 2 rings (SSSR count). The first kappa shape index (κ1) is 13.4. The Labute approximate surface area is 110 Å². The zero-order chi connectivity index (χ0) is 13.2. The Morgan fingerprint density at radius 2 is 2.17 bits per heavy atom. The Morgan fingerprint density at radius 3 is 2.72 bits per heavy atom. The van der Waals surface area contributed by atoms with Crippen molar-refractivity contribution >= 4 is 0 Å². The molecule has 0 unspecified atom stereocenters. The van der Waals surface area contributed by atoms with Gasteiger partial charge in [0.05, 0.1) is 7.11 Å². The third-order valence-corrected chi connectivity index (χ3v) is 3.73. The fourth-order valence-corrected chi connectivity index (χ4v) is 2.67. The maximum Gasteiger partial charge on any atom is 0.123 e. The molecule has 1 fully saturated rings. The number of ether oxygens (including phenoxy) is 1. The van der Waals surface area contributed by atoms with Crippen LogP contribution in [0, 0.1) is 5.41 Å². The van der Waals surface area contributed by atoms with Crippen molar-refractivity contribution < 1.29 is 4.74 Å². The largest absolute Gasteiger partial charge is 0.496 e. The lowest BCUT2D eigenvalue weighted by molar-refractivity contribution is 0.284. The Morgan fingerprint density at radius 1 is 1.39 bits per heavy atom. The quantitative estimate of drug-likeness (QED) is 0.889. The molecule has 0 bridgehead atoms. The lowest BCUT2D eigenvalue weighted by atomic mass is 9.93. The van der Waals surface area contributed by atoms with Crippen molar-refractivity contribution in [3.05, 3.63) is 29.3 Å². The van der Waals surface area contributed by atoms with Gasteiger partial charge in [-0.3, -0.25) is 4.90 Å². The molecule has 1 heterocycles. The SMILES string of the molecule is COc1cc(CN2CCC(C)(C)C2)ccc1CN. The summed E-state index contributed by atoms with van der Waals surface area (Å²) in [7, 11) is 1.71. The predicted octanol–water partition coefficient (Wildman–Crippen LogP) is 2.39. The van der Waals surface area contributed by atoms with Gasteiger partial charge in [0.1, 0.15) is 5.75 Å². The summed E-state index contributed by atoms with van der Waals surface area (Å²) in [6.45, 7) is 8.57. The highest BCUT2D eigenvalue weighted by molar-refractivity contribution is 5.37. The molecule has 0 atom stereocenters. The first-order valence-corrected chi connectivity index (χ1v) is 6.62. The second-order valence-electron chi connectivity index (χ2n) is 5.98. The van der Waals surface area contributed by atoms with Crippen LogP contribution in [0.15, 0.2) is 18.2 Å². The lowest BCUT2D eigenvalue weighted by Gasteiger charge is -2.20. The van der Waals surface area contributed by atoms with Gasteiger partial charge in [-0.05, 0) is 30.0 Å². The van der Waals surface area contributed by atoms with E-state index < -0.39 is 0 Å². The highest BCUT2D eigenvalue weighted by Crippen LogP contribution is 2.30. The summed E-state index contributed by atoms with van der Waals surface area (Å²) in [6.07, 6.45) is 1.28. The van der Waals surface area contributed by atoms with Crippen LogP contribution in [0.1, 0.15) is 31.4 Å². The van der Waals surface area contributed by atoms with Gasteiger partial charge in [0.15, 0.2) is 0 Å². The van der Waals surface area contributed by atoms with E-state index in [0.29, 0.717) is 12.0 Å². The van der Waals surface area contributed by atoms with Crippen molar-refractivity contribution in [2.45, 2.75) is 33.4 Å². The molecule has 0 amide bonds. The molecular weight excluding hydrogens is 224 g/mol. The van der Waals surface area contributed by atoms with E-state index in [1.165, 1.54) is 25.1 Å². The zero-order valence-corrected chi connectivity index (χ0v) is 11.7. The van der Waals surface area contributed by atoms with E-state index in [0.717, 1.165) is 17.9 Å². The molecule has 0 radical (unpaired) electrons. The maximum absolute atomic E-state index is 5.69. The van der Waals surface area contributed by atoms with Gasteiger partial charge in [-0.2, -0.15) is 0 Å². The topological polar surface area (TPSA) is 38.5 Å². The summed E-state index contributed by atoms with van der Waals surface area (Å²) in [6, 6.07) is 6.36. The zero-order valence-electron chi connectivity index (χ0n) is 11.7. The highest BCUT2D eigenvalue weighted by Gasteiger charge is 2.28. The van der Waals surface area contributed by atoms with Crippen LogP contribution < -0.4 is 10.5 Å². The average molecular weight is 248 g/mol. The molecule has 1 aromatic rings. The molecule has 1 aliphatic rings. The van der Waals surface area contributed by atoms with Gasteiger partial charge in [0, 0.05) is 25.2 Å². The molecule has 0 spiro atoms. The van der Waals surface area contributed by atoms with Crippen molar-refractivity contribution in [2.75, 3.05) is 20.2 Å². The van der Waals surface area contributed by atoms with Gasteiger partial charge in [-0.15, -0.1) is 0 Å². The number of nitrogens with two attached hydrogens (primary N) is 1. The number of likely N-dealkylation sites (tertiary alicyclic amines) is 1. The predicted molar refractivity (Wildman–Crippen MR) is 74.6 cm³/mol. The summed E-state index contributed by atoms with van der Waals surface area (Å²) < 4.78 is 5.38. The highest BCUT2D eigenvalue weighted by atomic mass is 16.5. The van der Waals surface area contributed by atoms with Gasteiger partial charge in [0.25, 0.3) is 0 Å². The third-order valence-electron chi connectivity index (χ3n) is 3.73. The number of benzene rings is 1. The minimum atomic E-state index is 0.460. The van der Waals surface area contributed by atoms with Crippen LogP contribution in [-0.2, 0) is 13.1 Å². The number of hydrogen-bond donors (Lipinski definition) is 1. The minimum Gasteiger partial charge on any atom is -0.496 e. The maximum atomic E-state index is 5.69. The molecule has 0 aliphatic carbocycles. The number of hydrogen-bond acceptors (Lipinski definition) is 3. The third kappa shape index (κ3) is 3.03. The van der Waals surface area contributed by atoms with Crippen LogP contribution in [0.3, 0.4) is 0 Å². The van der Waals surface area contributed by atoms with E-state index in [-0.39, 0.29) is 0 Å². The van der Waals surface area contributed by atoms with Crippen molar-refractivity contribution in [3.8, 4) is 5.75 Å². The van der Waals surface area contributed by atoms with Crippen molar-refractivity contribution in [3.63, 3.8) is 0 Å². The standard InChI is InChI=1S/C15H24N2O/c1-15(2)6-7-17(11-15)10-12-4-5-13(9-16)14(8-12)18-3/h4-5,8H,6-7,9-11,16H2,1-3H3. The normalized spacial score (nSPS) is 19.1. The molecule has 18 heavy (non-hydrogen) atoms. The van der Waals surface area contributed by atoms with Crippen molar-refractivity contribution in [2.24, 2.45) is 11.1 Å². The molecular formula is C15H24N2O. The first-order valence-electron chi connectivity index (χ1n) is 6.62. The Bertz CT molecular complexity index is 415. The minimum absolute atomic E-state index is 0.460. The molecule has 1 aromatic carbocycles. The average Bonchev–Trinajstić information content (AvgIpc) is 2.68. The first-order chi connectivity index (χ1) is 8.54. The van der Waals surface area contributed by atoms with Crippen molar-refractivity contribution in [1.29, 1.82) is 0 Å². The van der Waals surface area contributed by atoms with Gasteiger partial charge in [-0.25, -0.2) is 0 Å². The van der Waals surface area contributed by atoms with Crippen LogP contribution in [0.5, 0.6) is 5.75 Å². The smallest absolute Gasteiger partial charge is 0.123 e. The van der Waals surface area contributed by atoms with E-state index >= 15 is 0 Å². The van der Waals surface area contributed by atoms with Gasteiger partial charge in [0.2, 0.25) is 0 Å². The van der Waals surface area contributed by atoms with Gasteiger partial charge < -0.3 is 10.5 Å². The van der Waals surface area contributed by atoms with Crippen LogP contribution in [-0.4, -0.2) is 25.1 Å². The fraction of sp³-hybridized carbons (Fsp3) is 0.600. The summed E-state index contributed by atoms with van der Waals surface area (Å²) in [5.41, 5.74) is 8.52. The van der Waals surface area contributed by atoms with E-state index in [4.69, 9.17) is 10.5 Å². The van der Waals surface area contributed by atoms with E-state index in [9.17, 15) is 0 Å². The molecule has 3 heteroatoms. The monoisotopic (exact) mass is 248 g/mol. The van der Waals surface area contributed by atoms with Gasteiger partial charge >= 0.3 is 0 Å². The number of rotatable bonds is 4. The summed E-state index contributed by atoms with van der Waals surface area (Å²) in [4.78, 5) is 2.51. The lowest BCUT2D eigenvalue weighted by Crippen LogP contribution is -2.22. The fourth-order valence-electron chi connectivity index (χ4n) is 2.67. The second kappa shape index (κ2) is 5.29. The molecule has 100 valence electrons. The molecule has 1 saturated heterocycles. The Hall–Kier alpha value is -1.06. The van der Waals surface area contributed by atoms with Crippen LogP contribution >= 0.6 is 0 Å². The number of methoxy groups -OCH3 is 1. The molecule has 0 saturated carbocycles. The summed E-state index contributed by atoms with van der Waals surface area (Å²) >= 11 is 0. The van der Waals surface area contributed by atoms with Gasteiger partial charge in [-0.1, -0.05) is 26.0 Å². The van der Waals surface area contributed by atoms with E-state index in [1.807, 2.05) is 0 Å². The second-order valence-corrected chi connectivity index (χ2v) is 5.98. The van der Waals surface area contributed by atoms with Crippen LogP contribution in [0.25, 0.3) is 0 Å². The summed E-state index contributed by atoms with van der Waals surface area (Å²) in [5.74, 6) is 0.911. The summed E-state index contributed by atoms with van der Waals surface area (Å²) in [5, 5.41) is 0.